The number of aryl methyl sites for hydroxylation is 1. The highest BCUT2D eigenvalue weighted by Crippen LogP contribution is 2.23. The number of amides is 1. The minimum Gasteiger partial charge on any atom is -0.439 e. The van der Waals surface area contributed by atoms with Crippen molar-refractivity contribution >= 4 is 11.7 Å². The second-order valence-electron chi connectivity index (χ2n) is 6.60. The largest absolute Gasteiger partial charge is 0.439 e. The molecule has 3 heterocycles. The lowest BCUT2D eigenvalue weighted by molar-refractivity contribution is -0.132. The molecule has 1 saturated heterocycles. The van der Waals surface area contributed by atoms with E-state index in [0.29, 0.717) is 37.9 Å². The van der Waals surface area contributed by atoms with Crippen LogP contribution in [0.1, 0.15) is 5.82 Å². The van der Waals surface area contributed by atoms with Gasteiger partial charge in [0.25, 0.3) is 0 Å². The van der Waals surface area contributed by atoms with E-state index < -0.39 is 0 Å². The summed E-state index contributed by atoms with van der Waals surface area (Å²) in [4.78, 5) is 25.4. The molecule has 0 bridgehead atoms. The number of piperazine rings is 1. The van der Waals surface area contributed by atoms with Crippen LogP contribution in [-0.2, 0) is 11.3 Å². The first-order valence-corrected chi connectivity index (χ1v) is 9.26. The minimum absolute atomic E-state index is 0.0790. The van der Waals surface area contributed by atoms with Gasteiger partial charge in [-0.15, -0.1) is 0 Å². The van der Waals surface area contributed by atoms with E-state index in [1.807, 2.05) is 54.3 Å². The highest BCUT2D eigenvalue weighted by molar-refractivity contribution is 5.76. The molecular weight excluding hydrogens is 356 g/mol. The van der Waals surface area contributed by atoms with E-state index in [-0.39, 0.29) is 12.5 Å². The molecule has 0 saturated carbocycles. The van der Waals surface area contributed by atoms with Crippen LogP contribution in [0, 0.1) is 6.92 Å². The van der Waals surface area contributed by atoms with Crippen molar-refractivity contribution in [1.82, 2.24) is 24.6 Å². The van der Waals surface area contributed by atoms with Gasteiger partial charge in [-0.2, -0.15) is 10.1 Å². The summed E-state index contributed by atoms with van der Waals surface area (Å²) in [6.45, 7) is 4.86. The molecule has 1 aliphatic rings. The number of ether oxygens (including phenoxy) is 1. The Bertz CT molecular complexity index is 921. The Morgan fingerprint density at radius 2 is 1.86 bits per heavy atom. The van der Waals surface area contributed by atoms with Crippen molar-refractivity contribution < 1.29 is 9.53 Å². The maximum atomic E-state index is 12.4. The first-order chi connectivity index (χ1) is 13.7. The Labute approximate surface area is 163 Å². The zero-order valence-electron chi connectivity index (χ0n) is 15.7. The van der Waals surface area contributed by atoms with Crippen LogP contribution in [0.25, 0.3) is 0 Å². The summed E-state index contributed by atoms with van der Waals surface area (Å²) >= 11 is 0. The van der Waals surface area contributed by atoms with E-state index >= 15 is 0 Å². The molecule has 2 aromatic heterocycles. The summed E-state index contributed by atoms with van der Waals surface area (Å²) < 4.78 is 7.51. The lowest BCUT2D eigenvalue weighted by Gasteiger charge is -2.35. The van der Waals surface area contributed by atoms with Gasteiger partial charge in [0.05, 0.1) is 0 Å². The van der Waals surface area contributed by atoms with Crippen LogP contribution in [0.15, 0.2) is 54.9 Å². The second kappa shape index (κ2) is 8.08. The molecule has 144 valence electrons. The molecule has 0 spiro atoms. The van der Waals surface area contributed by atoms with Crippen molar-refractivity contribution in [3.8, 4) is 11.6 Å². The van der Waals surface area contributed by atoms with Crippen LogP contribution in [0.4, 0.5) is 5.82 Å². The molecular formula is C20H22N6O2. The van der Waals surface area contributed by atoms with Gasteiger partial charge in [-0.25, -0.2) is 4.98 Å². The number of carbonyl (C=O) groups excluding carboxylic acids is 1. The van der Waals surface area contributed by atoms with Crippen molar-refractivity contribution in [1.29, 1.82) is 0 Å². The van der Waals surface area contributed by atoms with Crippen LogP contribution in [0.5, 0.6) is 11.6 Å². The molecule has 0 radical (unpaired) electrons. The summed E-state index contributed by atoms with van der Waals surface area (Å²) in [7, 11) is 0. The van der Waals surface area contributed by atoms with Gasteiger partial charge in [-0.3, -0.25) is 9.48 Å². The van der Waals surface area contributed by atoms with Crippen molar-refractivity contribution in [2.24, 2.45) is 0 Å². The predicted octanol–water partition coefficient (Wildman–Crippen LogP) is 2.12. The monoisotopic (exact) mass is 378 g/mol. The number of hydrogen-bond donors (Lipinski definition) is 0. The predicted molar refractivity (Wildman–Crippen MR) is 104 cm³/mol. The van der Waals surface area contributed by atoms with Crippen molar-refractivity contribution in [2.45, 2.75) is 13.5 Å². The van der Waals surface area contributed by atoms with E-state index in [4.69, 9.17) is 4.74 Å². The smallest absolute Gasteiger partial charge is 0.244 e. The minimum atomic E-state index is 0.0790. The van der Waals surface area contributed by atoms with E-state index in [0.717, 1.165) is 11.6 Å². The molecule has 0 aliphatic carbocycles. The third kappa shape index (κ3) is 4.28. The Morgan fingerprint density at radius 3 is 2.57 bits per heavy atom. The SMILES string of the molecule is Cc1nc(Oc2ccccc2)cc(N2CCN(C(=O)Cn3cccn3)CC2)n1. The zero-order chi connectivity index (χ0) is 19.3. The van der Waals surface area contributed by atoms with E-state index in [1.165, 1.54) is 0 Å². The summed E-state index contributed by atoms with van der Waals surface area (Å²) in [5.74, 6) is 2.81. The molecule has 8 heteroatoms. The molecule has 0 atom stereocenters. The standard InChI is InChI=1S/C20H22N6O2/c1-16-22-18(14-19(23-16)28-17-6-3-2-4-7-17)24-10-12-25(13-11-24)20(27)15-26-9-5-8-21-26/h2-9,14H,10-13,15H2,1H3. The van der Waals surface area contributed by atoms with E-state index in [1.54, 1.807) is 17.1 Å². The van der Waals surface area contributed by atoms with Gasteiger partial charge in [-0.05, 0) is 25.1 Å². The maximum absolute atomic E-state index is 12.4. The molecule has 28 heavy (non-hydrogen) atoms. The summed E-state index contributed by atoms with van der Waals surface area (Å²) in [6, 6.07) is 13.2. The Hall–Kier alpha value is -3.42. The van der Waals surface area contributed by atoms with Crippen LogP contribution in [0.3, 0.4) is 0 Å². The first kappa shape index (κ1) is 18.0. The van der Waals surface area contributed by atoms with Crippen molar-refractivity contribution in [2.75, 3.05) is 31.1 Å². The maximum Gasteiger partial charge on any atom is 0.244 e. The summed E-state index contributed by atoms with van der Waals surface area (Å²) in [5.41, 5.74) is 0. The summed E-state index contributed by atoms with van der Waals surface area (Å²) in [5, 5.41) is 4.10. The van der Waals surface area contributed by atoms with Gasteiger partial charge in [-0.1, -0.05) is 18.2 Å². The van der Waals surface area contributed by atoms with Gasteiger partial charge in [0.2, 0.25) is 11.8 Å². The Morgan fingerprint density at radius 1 is 1.07 bits per heavy atom. The molecule has 8 nitrogen and oxygen atoms in total. The third-order valence-electron chi connectivity index (χ3n) is 4.58. The second-order valence-corrected chi connectivity index (χ2v) is 6.60. The third-order valence-corrected chi connectivity index (χ3v) is 4.58. The fourth-order valence-electron chi connectivity index (χ4n) is 3.17. The number of hydrogen-bond acceptors (Lipinski definition) is 6. The molecule has 1 aromatic carbocycles. The molecule has 4 rings (SSSR count). The summed E-state index contributed by atoms with van der Waals surface area (Å²) in [6.07, 6.45) is 3.48. The number of para-hydroxylation sites is 1. The number of rotatable bonds is 5. The van der Waals surface area contributed by atoms with Gasteiger partial charge >= 0.3 is 0 Å². The molecule has 1 aliphatic heterocycles. The molecule has 0 N–H and O–H groups in total. The first-order valence-electron chi connectivity index (χ1n) is 9.26. The zero-order valence-corrected chi connectivity index (χ0v) is 15.7. The van der Waals surface area contributed by atoms with Crippen molar-refractivity contribution in [3.05, 3.63) is 60.7 Å². The molecule has 3 aromatic rings. The topological polar surface area (TPSA) is 76.4 Å². The van der Waals surface area contributed by atoms with Gasteiger partial charge < -0.3 is 14.5 Å². The van der Waals surface area contributed by atoms with Crippen molar-refractivity contribution in [3.63, 3.8) is 0 Å². The number of anilines is 1. The fourth-order valence-corrected chi connectivity index (χ4v) is 3.17. The highest BCUT2D eigenvalue weighted by atomic mass is 16.5. The van der Waals surface area contributed by atoms with E-state index in [9.17, 15) is 4.79 Å². The van der Waals surface area contributed by atoms with Gasteiger partial charge in [0.15, 0.2) is 0 Å². The highest BCUT2D eigenvalue weighted by Gasteiger charge is 2.23. The molecule has 1 amide bonds. The fraction of sp³-hybridized carbons (Fsp3) is 0.300. The van der Waals surface area contributed by atoms with Crippen LogP contribution < -0.4 is 9.64 Å². The van der Waals surface area contributed by atoms with Gasteiger partial charge in [0, 0.05) is 44.6 Å². The average molecular weight is 378 g/mol. The number of nitrogens with zero attached hydrogens (tertiary/aromatic N) is 6. The van der Waals surface area contributed by atoms with Crippen LogP contribution >= 0.6 is 0 Å². The normalized spacial score (nSPS) is 14.2. The van der Waals surface area contributed by atoms with E-state index in [2.05, 4.69) is 20.0 Å². The van der Waals surface area contributed by atoms with Crippen LogP contribution in [-0.4, -0.2) is 56.7 Å². The number of carbonyl (C=O) groups is 1. The lowest BCUT2D eigenvalue weighted by Crippen LogP contribution is -2.50. The van der Waals surface area contributed by atoms with Gasteiger partial charge in [0.1, 0.15) is 23.9 Å². The Kier molecular flexibility index (Phi) is 5.18. The Balaban J connectivity index is 1.39. The quantitative estimate of drug-likeness (QED) is 0.677. The lowest BCUT2D eigenvalue weighted by atomic mass is 10.3. The number of aromatic nitrogens is 4. The van der Waals surface area contributed by atoms with Crippen LogP contribution in [0.2, 0.25) is 0 Å². The molecule has 1 fully saturated rings. The molecule has 0 unspecified atom stereocenters. The average Bonchev–Trinajstić information content (AvgIpc) is 3.21. The number of benzene rings is 1.